The van der Waals surface area contributed by atoms with Gasteiger partial charge in [0.15, 0.2) is 0 Å². The van der Waals surface area contributed by atoms with Crippen LogP contribution in [0.1, 0.15) is 26.7 Å². The first-order valence-electron chi connectivity index (χ1n) is 5.64. The molecule has 1 N–H and O–H groups in total. The SMILES string of the molecule is CCC1NCC(C)C1C1CCOC1. The molecule has 2 rings (SSSR count). The van der Waals surface area contributed by atoms with Crippen LogP contribution in [0.5, 0.6) is 0 Å². The van der Waals surface area contributed by atoms with Crippen LogP contribution in [0, 0.1) is 17.8 Å². The highest BCUT2D eigenvalue weighted by atomic mass is 16.5. The first-order chi connectivity index (χ1) is 6.33. The van der Waals surface area contributed by atoms with E-state index in [2.05, 4.69) is 19.2 Å². The summed E-state index contributed by atoms with van der Waals surface area (Å²) >= 11 is 0. The van der Waals surface area contributed by atoms with Crippen molar-refractivity contribution in [3.63, 3.8) is 0 Å². The predicted octanol–water partition coefficient (Wildman–Crippen LogP) is 1.66. The minimum Gasteiger partial charge on any atom is -0.381 e. The van der Waals surface area contributed by atoms with E-state index in [4.69, 9.17) is 4.74 Å². The Balaban J connectivity index is 2.00. The highest BCUT2D eigenvalue weighted by molar-refractivity contribution is 4.92. The van der Waals surface area contributed by atoms with Crippen LogP contribution in [0.15, 0.2) is 0 Å². The Morgan fingerprint density at radius 1 is 1.46 bits per heavy atom. The standard InChI is InChI=1S/C11H21NO/c1-3-10-11(8(2)6-12-10)9-4-5-13-7-9/h8-12H,3-7H2,1-2H3. The molecule has 76 valence electrons. The van der Waals surface area contributed by atoms with E-state index in [0.717, 1.165) is 37.0 Å². The highest BCUT2D eigenvalue weighted by Gasteiger charge is 2.38. The van der Waals surface area contributed by atoms with Crippen LogP contribution in [-0.2, 0) is 4.74 Å². The van der Waals surface area contributed by atoms with Crippen molar-refractivity contribution in [1.82, 2.24) is 5.32 Å². The van der Waals surface area contributed by atoms with E-state index in [-0.39, 0.29) is 0 Å². The van der Waals surface area contributed by atoms with E-state index in [1.807, 2.05) is 0 Å². The van der Waals surface area contributed by atoms with Crippen LogP contribution in [0.2, 0.25) is 0 Å². The Hall–Kier alpha value is -0.0800. The quantitative estimate of drug-likeness (QED) is 0.703. The molecule has 0 aromatic carbocycles. The predicted molar refractivity (Wildman–Crippen MR) is 53.7 cm³/mol. The van der Waals surface area contributed by atoms with Gasteiger partial charge in [-0.15, -0.1) is 0 Å². The van der Waals surface area contributed by atoms with Crippen molar-refractivity contribution < 1.29 is 4.74 Å². The second-order valence-corrected chi connectivity index (χ2v) is 4.60. The molecule has 2 aliphatic heterocycles. The highest BCUT2D eigenvalue weighted by Crippen LogP contribution is 2.35. The van der Waals surface area contributed by atoms with E-state index in [1.54, 1.807) is 0 Å². The largest absolute Gasteiger partial charge is 0.381 e. The van der Waals surface area contributed by atoms with Crippen molar-refractivity contribution >= 4 is 0 Å². The number of hydrogen-bond donors (Lipinski definition) is 1. The maximum Gasteiger partial charge on any atom is 0.0498 e. The Bertz CT molecular complexity index is 165. The summed E-state index contributed by atoms with van der Waals surface area (Å²) in [5.74, 6) is 2.54. The second-order valence-electron chi connectivity index (χ2n) is 4.60. The zero-order valence-corrected chi connectivity index (χ0v) is 8.75. The Morgan fingerprint density at radius 2 is 2.31 bits per heavy atom. The number of rotatable bonds is 2. The molecular weight excluding hydrogens is 162 g/mol. The molecule has 0 aromatic rings. The molecule has 2 saturated heterocycles. The topological polar surface area (TPSA) is 21.3 Å². The minimum atomic E-state index is 0.752. The average Bonchev–Trinajstić information content (AvgIpc) is 2.72. The first-order valence-corrected chi connectivity index (χ1v) is 5.64. The molecular formula is C11H21NO. The summed E-state index contributed by atoms with van der Waals surface area (Å²) in [6.45, 7) is 7.88. The van der Waals surface area contributed by atoms with Crippen molar-refractivity contribution in [2.24, 2.45) is 17.8 Å². The number of nitrogens with one attached hydrogen (secondary N) is 1. The Kier molecular flexibility index (Phi) is 2.89. The Labute approximate surface area is 81.0 Å². The fraction of sp³-hybridized carbons (Fsp3) is 1.00. The zero-order valence-electron chi connectivity index (χ0n) is 8.75. The summed E-state index contributed by atoms with van der Waals surface area (Å²) in [5, 5.41) is 3.63. The van der Waals surface area contributed by atoms with Crippen LogP contribution >= 0.6 is 0 Å². The second kappa shape index (κ2) is 3.97. The van der Waals surface area contributed by atoms with E-state index in [1.165, 1.54) is 19.4 Å². The van der Waals surface area contributed by atoms with E-state index >= 15 is 0 Å². The average molecular weight is 183 g/mol. The number of ether oxygens (including phenoxy) is 1. The van der Waals surface area contributed by atoms with Crippen LogP contribution in [0.25, 0.3) is 0 Å². The smallest absolute Gasteiger partial charge is 0.0498 e. The van der Waals surface area contributed by atoms with Crippen molar-refractivity contribution in [3.05, 3.63) is 0 Å². The molecule has 2 aliphatic rings. The van der Waals surface area contributed by atoms with E-state index < -0.39 is 0 Å². The van der Waals surface area contributed by atoms with Gasteiger partial charge in [0.05, 0.1) is 0 Å². The summed E-state index contributed by atoms with van der Waals surface area (Å²) in [6, 6.07) is 0.752. The lowest BCUT2D eigenvalue weighted by Crippen LogP contribution is -2.31. The molecule has 0 spiro atoms. The summed E-state index contributed by atoms with van der Waals surface area (Å²) in [5.41, 5.74) is 0. The summed E-state index contributed by atoms with van der Waals surface area (Å²) in [4.78, 5) is 0. The van der Waals surface area contributed by atoms with Crippen molar-refractivity contribution in [2.75, 3.05) is 19.8 Å². The molecule has 0 aromatic heterocycles. The van der Waals surface area contributed by atoms with Crippen molar-refractivity contribution in [2.45, 2.75) is 32.7 Å². The van der Waals surface area contributed by atoms with E-state index in [9.17, 15) is 0 Å². The summed E-state index contributed by atoms with van der Waals surface area (Å²) < 4.78 is 5.48. The zero-order chi connectivity index (χ0) is 9.26. The molecule has 0 aliphatic carbocycles. The molecule has 2 heteroatoms. The van der Waals surface area contributed by atoms with Crippen molar-refractivity contribution in [3.8, 4) is 0 Å². The van der Waals surface area contributed by atoms with Gasteiger partial charge in [0.25, 0.3) is 0 Å². The van der Waals surface area contributed by atoms with Gasteiger partial charge in [-0.1, -0.05) is 13.8 Å². The molecule has 0 amide bonds. The monoisotopic (exact) mass is 183 g/mol. The lowest BCUT2D eigenvalue weighted by Gasteiger charge is -2.26. The summed E-state index contributed by atoms with van der Waals surface area (Å²) in [6.07, 6.45) is 2.55. The third kappa shape index (κ3) is 1.75. The van der Waals surface area contributed by atoms with Gasteiger partial charge in [0.2, 0.25) is 0 Å². The van der Waals surface area contributed by atoms with Gasteiger partial charge in [-0.05, 0) is 37.1 Å². The molecule has 4 atom stereocenters. The van der Waals surface area contributed by atoms with Crippen LogP contribution < -0.4 is 5.32 Å². The van der Waals surface area contributed by atoms with Gasteiger partial charge in [-0.3, -0.25) is 0 Å². The van der Waals surface area contributed by atoms with Gasteiger partial charge < -0.3 is 10.1 Å². The van der Waals surface area contributed by atoms with Gasteiger partial charge in [-0.25, -0.2) is 0 Å². The molecule has 0 radical (unpaired) electrons. The van der Waals surface area contributed by atoms with Crippen LogP contribution in [0.4, 0.5) is 0 Å². The maximum absolute atomic E-state index is 5.48. The van der Waals surface area contributed by atoms with Gasteiger partial charge in [0.1, 0.15) is 0 Å². The van der Waals surface area contributed by atoms with Gasteiger partial charge in [-0.2, -0.15) is 0 Å². The Morgan fingerprint density at radius 3 is 2.92 bits per heavy atom. The molecule has 2 heterocycles. The lowest BCUT2D eigenvalue weighted by molar-refractivity contribution is 0.158. The van der Waals surface area contributed by atoms with Gasteiger partial charge >= 0.3 is 0 Å². The fourth-order valence-electron chi connectivity index (χ4n) is 3.07. The van der Waals surface area contributed by atoms with Gasteiger partial charge in [0, 0.05) is 19.3 Å². The van der Waals surface area contributed by atoms with E-state index in [0.29, 0.717) is 0 Å². The molecule has 4 unspecified atom stereocenters. The molecule has 0 bridgehead atoms. The molecule has 0 saturated carbocycles. The molecule has 2 nitrogen and oxygen atoms in total. The first kappa shape index (κ1) is 9.47. The summed E-state index contributed by atoms with van der Waals surface area (Å²) in [7, 11) is 0. The van der Waals surface area contributed by atoms with Crippen molar-refractivity contribution in [1.29, 1.82) is 0 Å². The number of hydrogen-bond acceptors (Lipinski definition) is 2. The van der Waals surface area contributed by atoms with Crippen LogP contribution in [0.3, 0.4) is 0 Å². The third-order valence-electron chi connectivity index (χ3n) is 3.77. The third-order valence-corrected chi connectivity index (χ3v) is 3.77. The normalized spacial score (nSPS) is 45.7. The van der Waals surface area contributed by atoms with Crippen LogP contribution in [-0.4, -0.2) is 25.8 Å². The molecule has 2 fully saturated rings. The fourth-order valence-corrected chi connectivity index (χ4v) is 3.07. The minimum absolute atomic E-state index is 0.752. The maximum atomic E-state index is 5.48. The molecule has 13 heavy (non-hydrogen) atoms. The lowest BCUT2D eigenvalue weighted by atomic mass is 9.79.